The van der Waals surface area contributed by atoms with E-state index in [0.717, 1.165) is 17.1 Å². The second-order valence-electron chi connectivity index (χ2n) is 18.5. The standard InChI is InChI=1S/C65H46N2/c1-65(2)60-25-9-7-22-56(60)57-38-37-52(42-61(57)65)66(51-35-30-46(31-36-51)54-24-12-16-44-14-3-5-20-53(44)54)50-33-28-43(29-34-50)47-18-11-19-48(40-47)49-32-39-64-59(41-49)58-23-8-10-26-63(58)67(64)62-27-13-17-45-15-4-6-21-55(45)62/h3-42H,1-2H3. The Morgan fingerprint density at radius 2 is 0.836 bits per heavy atom. The summed E-state index contributed by atoms with van der Waals surface area (Å²) in [5, 5.41) is 7.50. The van der Waals surface area contributed by atoms with E-state index in [1.807, 2.05) is 0 Å². The van der Waals surface area contributed by atoms with Gasteiger partial charge in [0.2, 0.25) is 0 Å². The van der Waals surface area contributed by atoms with Crippen LogP contribution in [0.4, 0.5) is 17.1 Å². The van der Waals surface area contributed by atoms with E-state index in [4.69, 9.17) is 0 Å². The lowest BCUT2D eigenvalue weighted by Gasteiger charge is -2.28. The molecule has 67 heavy (non-hydrogen) atoms. The third kappa shape index (κ3) is 6.32. The topological polar surface area (TPSA) is 8.17 Å². The molecule has 316 valence electrons. The van der Waals surface area contributed by atoms with E-state index in [1.54, 1.807) is 0 Å². The number of nitrogens with zero attached hydrogens (tertiary/aromatic N) is 2. The van der Waals surface area contributed by atoms with Crippen LogP contribution < -0.4 is 4.90 Å². The average Bonchev–Trinajstić information content (AvgIpc) is 3.84. The summed E-state index contributed by atoms with van der Waals surface area (Å²) in [7, 11) is 0. The highest BCUT2D eigenvalue weighted by Crippen LogP contribution is 2.51. The van der Waals surface area contributed by atoms with Gasteiger partial charge in [-0.2, -0.15) is 0 Å². The molecule has 0 atom stereocenters. The maximum absolute atomic E-state index is 2.43. The van der Waals surface area contributed by atoms with Crippen molar-refractivity contribution in [1.29, 1.82) is 0 Å². The van der Waals surface area contributed by atoms with E-state index in [0.29, 0.717) is 0 Å². The summed E-state index contributed by atoms with van der Waals surface area (Å²) in [5.74, 6) is 0. The van der Waals surface area contributed by atoms with Crippen LogP contribution in [-0.2, 0) is 5.41 Å². The van der Waals surface area contributed by atoms with Crippen LogP contribution in [0.1, 0.15) is 25.0 Å². The third-order valence-corrected chi connectivity index (χ3v) is 14.4. The van der Waals surface area contributed by atoms with Gasteiger partial charge in [0.25, 0.3) is 0 Å². The number of hydrogen-bond acceptors (Lipinski definition) is 1. The van der Waals surface area contributed by atoms with Crippen molar-refractivity contribution in [3.05, 3.63) is 254 Å². The molecule has 0 N–H and O–H groups in total. The molecule has 1 heterocycles. The lowest BCUT2D eigenvalue weighted by atomic mass is 9.82. The van der Waals surface area contributed by atoms with Crippen LogP contribution in [0, 0.1) is 0 Å². The molecule has 0 aliphatic heterocycles. The number of anilines is 3. The molecule has 0 bridgehead atoms. The van der Waals surface area contributed by atoms with Crippen molar-refractivity contribution >= 4 is 60.4 Å². The maximum atomic E-state index is 2.43. The van der Waals surface area contributed by atoms with Crippen molar-refractivity contribution < 1.29 is 0 Å². The first-order valence-electron chi connectivity index (χ1n) is 23.3. The zero-order chi connectivity index (χ0) is 44.6. The molecule has 2 heteroatoms. The molecule has 0 fully saturated rings. The molecule has 0 saturated carbocycles. The maximum Gasteiger partial charge on any atom is 0.0541 e. The minimum absolute atomic E-state index is 0.112. The van der Waals surface area contributed by atoms with Gasteiger partial charge in [-0.15, -0.1) is 0 Å². The van der Waals surface area contributed by atoms with Gasteiger partial charge >= 0.3 is 0 Å². The van der Waals surface area contributed by atoms with E-state index in [1.165, 1.54) is 105 Å². The van der Waals surface area contributed by atoms with Crippen molar-refractivity contribution in [2.24, 2.45) is 0 Å². The average molecular weight is 855 g/mol. The number of hydrogen-bond donors (Lipinski definition) is 0. The lowest BCUT2D eigenvalue weighted by Crippen LogP contribution is -2.16. The number of fused-ring (bicyclic) bond motifs is 8. The fourth-order valence-corrected chi connectivity index (χ4v) is 11.0. The Labute approximate surface area is 391 Å². The normalized spacial score (nSPS) is 12.7. The molecule has 1 aromatic heterocycles. The van der Waals surface area contributed by atoms with Gasteiger partial charge in [0.15, 0.2) is 0 Å². The highest BCUT2D eigenvalue weighted by atomic mass is 15.1. The van der Waals surface area contributed by atoms with Crippen molar-refractivity contribution in [2.75, 3.05) is 4.90 Å². The second kappa shape index (κ2) is 15.3. The van der Waals surface area contributed by atoms with Crippen molar-refractivity contribution in [3.63, 3.8) is 0 Å². The van der Waals surface area contributed by atoms with E-state index < -0.39 is 0 Å². The Hall–Kier alpha value is -8.46. The largest absolute Gasteiger partial charge is 0.310 e. The summed E-state index contributed by atoms with van der Waals surface area (Å²) in [6.45, 7) is 4.71. The fourth-order valence-electron chi connectivity index (χ4n) is 11.0. The van der Waals surface area contributed by atoms with E-state index in [9.17, 15) is 0 Å². The van der Waals surface area contributed by atoms with Crippen LogP contribution in [0.5, 0.6) is 0 Å². The Bertz CT molecular complexity index is 3880. The zero-order valence-corrected chi connectivity index (χ0v) is 37.5. The van der Waals surface area contributed by atoms with Crippen LogP contribution in [-0.4, -0.2) is 4.57 Å². The van der Waals surface area contributed by atoms with Crippen LogP contribution >= 0.6 is 0 Å². The van der Waals surface area contributed by atoms with Crippen LogP contribution in [0.3, 0.4) is 0 Å². The first kappa shape index (κ1) is 39.0. The summed E-state index contributed by atoms with van der Waals surface area (Å²) in [5.41, 5.74) is 19.5. The Morgan fingerprint density at radius 3 is 1.63 bits per heavy atom. The first-order valence-corrected chi connectivity index (χ1v) is 23.3. The van der Waals surface area contributed by atoms with Gasteiger partial charge in [0.05, 0.1) is 16.7 Å². The predicted molar refractivity (Wildman–Crippen MR) is 284 cm³/mol. The molecule has 11 aromatic carbocycles. The molecule has 0 unspecified atom stereocenters. The van der Waals surface area contributed by atoms with Crippen molar-refractivity contribution in [2.45, 2.75) is 19.3 Å². The number of para-hydroxylation sites is 1. The summed E-state index contributed by atoms with van der Waals surface area (Å²) >= 11 is 0. The van der Waals surface area contributed by atoms with E-state index in [2.05, 4.69) is 266 Å². The van der Waals surface area contributed by atoms with Crippen LogP contribution in [0.25, 0.3) is 93.5 Å². The van der Waals surface area contributed by atoms with Gasteiger partial charge < -0.3 is 9.47 Å². The summed E-state index contributed by atoms with van der Waals surface area (Å²) in [6.07, 6.45) is 0. The molecule has 0 spiro atoms. The molecule has 12 aromatic rings. The smallest absolute Gasteiger partial charge is 0.0541 e. The molecule has 0 saturated heterocycles. The van der Waals surface area contributed by atoms with Crippen molar-refractivity contribution in [3.8, 4) is 50.2 Å². The molecule has 13 rings (SSSR count). The minimum atomic E-state index is -0.112. The molecular weight excluding hydrogens is 809 g/mol. The predicted octanol–water partition coefficient (Wildman–Crippen LogP) is 17.9. The molecule has 1 aliphatic rings. The Balaban J connectivity index is 0.877. The molecule has 1 aliphatic carbocycles. The van der Waals surface area contributed by atoms with Crippen LogP contribution in [0.2, 0.25) is 0 Å². The van der Waals surface area contributed by atoms with E-state index >= 15 is 0 Å². The monoisotopic (exact) mass is 854 g/mol. The quantitative estimate of drug-likeness (QED) is 0.155. The van der Waals surface area contributed by atoms with Gasteiger partial charge in [-0.3, -0.25) is 0 Å². The minimum Gasteiger partial charge on any atom is -0.310 e. The number of rotatable bonds is 7. The van der Waals surface area contributed by atoms with Gasteiger partial charge in [-0.25, -0.2) is 0 Å². The summed E-state index contributed by atoms with van der Waals surface area (Å²) in [4.78, 5) is 2.41. The Morgan fingerprint density at radius 1 is 0.313 bits per heavy atom. The van der Waals surface area contributed by atoms with Gasteiger partial charge in [0, 0.05) is 38.6 Å². The third-order valence-electron chi connectivity index (χ3n) is 14.4. The van der Waals surface area contributed by atoms with Gasteiger partial charge in [-0.1, -0.05) is 190 Å². The van der Waals surface area contributed by atoms with Gasteiger partial charge in [0.1, 0.15) is 0 Å². The lowest BCUT2D eigenvalue weighted by molar-refractivity contribution is 0.660. The van der Waals surface area contributed by atoms with Gasteiger partial charge in [-0.05, 0) is 139 Å². The molecule has 0 amide bonds. The second-order valence-corrected chi connectivity index (χ2v) is 18.5. The summed E-state index contributed by atoms with van der Waals surface area (Å²) < 4.78 is 2.43. The van der Waals surface area contributed by atoms with E-state index in [-0.39, 0.29) is 5.41 Å². The number of benzene rings is 11. The summed E-state index contributed by atoms with van der Waals surface area (Å²) in [6, 6.07) is 89.4. The molecule has 2 nitrogen and oxygen atoms in total. The Kier molecular flexibility index (Phi) is 8.91. The van der Waals surface area contributed by atoms with Crippen LogP contribution in [0.15, 0.2) is 243 Å². The highest BCUT2D eigenvalue weighted by molar-refractivity contribution is 6.12. The SMILES string of the molecule is CC1(C)c2ccccc2-c2ccc(N(c3ccc(-c4cccc(-c5ccc6c(c5)c5ccccc5n6-c5cccc6ccccc56)c4)cc3)c3ccc(-c4cccc5ccccc45)cc3)cc21. The van der Waals surface area contributed by atoms with Crippen molar-refractivity contribution in [1.82, 2.24) is 4.57 Å². The number of aromatic nitrogens is 1. The highest BCUT2D eigenvalue weighted by Gasteiger charge is 2.35. The zero-order valence-electron chi connectivity index (χ0n) is 37.5. The fraction of sp³-hybridized carbons (Fsp3) is 0.0462. The first-order chi connectivity index (χ1) is 33.0. The molecule has 0 radical (unpaired) electrons. The molecular formula is C65H46N2.